The topological polar surface area (TPSA) is 87.3 Å². The molecule has 2 amide bonds. The summed E-state index contributed by atoms with van der Waals surface area (Å²) in [6, 6.07) is 9.07. The standard InChI is InChI=1S/C11H17N3O3S/c1-12-18(16,17)8-7-13-11(15)14-9-10-5-3-2-4-6-10/h2-6,12H,7-9H2,1H3,(H2,13,14,15). The van der Waals surface area contributed by atoms with E-state index in [0.717, 1.165) is 5.56 Å². The van der Waals surface area contributed by atoms with Gasteiger partial charge in [-0.05, 0) is 12.6 Å². The number of benzene rings is 1. The molecule has 7 heteroatoms. The Kier molecular flexibility index (Phi) is 5.60. The summed E-state index contributed by atoms with van der Waals surface area (Å²) in [5.74, 6) is -0.137. The van der Waals surface area contributed by atoms with Crippen molar-refractivity contribution in [3.63, 3.8) is 0 Å². The summed E-state index contributed by atoms with van der Waals surface area (Å²) in [6.07, 6.45) is 0. The minimum Gasteiger partial charge on any atom is -0.337 e. The number of urea groups is 1. The van der Waals surface area contributed by atoms with E-state index in [1.807, 2.05) is 30.3 Å². The highest BCUT2D eigenvalue weighted by molar-refractivity contribution is 7.89. The van der Waals surface area contributed by atoms with Crippen LogP contribution in [0.5, 0.6) is 0 Å². The molecule has 3 N–H and O–H groups in total. The molecule has 100 valence electrons. The van der Waals surface area contributed by atoms with Crippen LogP contribution in [0.2, 0.25) is 0 Å². The largest absolute Gasteiger partial charge is 0.337 e. The fraction of sp³-hybridized carbons (Fsp3) is 0.364. The lowest BCUT2D eigenvalue weighted by atomic mass is 10.2. The first-order chi connectivity index (χ1) is 8.53. The van der Waals surface area contributed by atoms with Crippen LogP contribution in [0.3, 0.4) is 0 Å². The Labute approximate surface area is 107 Å². The van der Waals surface area contributed by atoms with E-state index in [9.17, 15) is 13.2 Å². The predicted molar refractivity (Wildman–Crippen MR) is 69.5 cm³/mol. The van der Waals surface area contributed by atoms with Crippen molar-refractivity contribution in [1.29, 1.82) is 0 Å². The van der Waals surface area contributed by atoms with Gasteiger partial charge in [0.25, 0.3) is 0 Å². The molecule has 0 aliphatic carbocycles. The second-order valence-electron chi connectivity index (χ2n) is 3.62. The molecule has 0 heterocycles. The van der Waals surface area contributed by atoms with E-state index in [1.165, 1.54) is 7.05 Å². The molecule has 1 aromatic carbocycles. The van der Waals surface area contributed by atoms with Gasteiger partial charge in [-0.3, -0.25) is 0 Å². The first-order valence-corrected chi connectivity index (χ1v) is 7.15. The van der Waals surface area contributed by atoms with Crippen molar-refractivity contribution >= 4 is 16.1 Å². The summed E-state index contributed by atoms with van der Waals surface area (Å²) in [5.41, 5.74) is 0.982. The minimum absolute atomic E-state index is 0.0732. The van der Waals surface area contributed by atoms with E-state index >= 15 is 0 Å². The van der Waals surface area contributed by atoms with Crippen molar-refractivity contribution in [2.75, 3.05) is 19.3 Å². The van der Waals surface area contributed by atoms with Crippen LogP contribution >= 0.6 is 0 Å². The van der Waals surface area contributed by atoms with Crippen molar-refractivity contribution in [3.8, 4) is 0 Å². The second kappa shape index (κ2) is 6.97. The molecule has 6 nitrogen and oxygen atoms in total. The molecule has 0 bridgehead atoms. The molecule has 0 saturated heterocycles. The number of carbonyl (C=O) groups is 1. The normalized spacial score (nSPS) is 10.9. The number of nitrogens with one attached hydrogen (secondary N) is 3. The van der Waals surface area contributed by atoms with Crippen LogP contribution in [0, 0.1) is 0 Å². The van der Waals surface area contributed by atoms with Gasteiger partial charge in [0.15, 0.2) is 0 Å². The highest BCUT2D eigenvalue weighted by Crippen LogP contribution is 1.96. The Balaban J connectivity index is 2.23. The van der Waals surface area contributed by atoms with Crippen LogP contribution in [-0.2, 0) is 16.6 Å². The molecule has 0 spiro atoms. The SMILES string of the molecule is CNS(=O)(=O)CCNC(=O)NCc1ccccc1. The average Bonchev–Trinajstić information content (AvgIpc) is 2.37. The lowest BCUT2D eigenvalue weighted by Crippen LogP contribution is -2.39. The van der Waals surface area contributed by atoms with Gasteiger partial charge in [-0.2, -0.15) is 0 Å². The zero-order chi connectivity index (χ0) is 13.4. The van der Waals surface area contributed by atoms with E-state index < -0.39 is 10.0 Å². The first kappa shape index (κ1) is 14.5. The molecule has 1 rings (SSSR count). The summed E-state index contributed by atoms with van der Waals surface area (Å²) >= 11 is 0. The van der Waals surface area contributed by atoms with Crippen molar-refractivity contribution in [2.24, 2.45) is 0 Å². The molecule has 18 heavy (non-hydrogen) atoms. The molecule has 0 saturated carbocycles. The molecule has 0 unspecified atom stereocenters. The average molecular weight is 271 g/mol. The van der Waals surface area contributed by atoms with E-state index in [-0.39, 0.29) is 18.3 Å². The summed E-state index contributed by atoms with van der Waals surface area (Å²) in [7, 11) is -1.94. The first-order valence-electron chi connectivity index (χ1n) is 5.50. The molecule has 0 fully saturated rings. The van der Waals surface area contributed by atoms with Crippen molar-refractivity contribution in [3.05, 3.63) is 35.9 Å². The number of amides is 2. The molecular formula is C11H17N3O3S. The molecule has 0 atom stereocenters. The number of hydrogen-bond acceptors (Lipinski definition) is 3. The second-order valence-corrected chi connectivity index (χ2v) is 5.66. The number of rotatable bonds is 6. The van der Waals surface area contributed by atoms with Gasteiger partial charge in [0.1, 0.15) is 0 Å². The van der Waals surface area contributed by atoms with Crippen LogP contribution in [0.25, 0.3) is 0 Å². The monoisotopic (exact) mass is 271 g/mol. The van der Waals surface area contributed by atoms with E-state index in [0.29, 0.717) is 6.54 Å². The summed E-state index contributed by atoms with van der Waals surface area (Å²) in [4.78, 5) is 11.4. The zero-order valence-electron chi connectivity index (χ0n) is 10.1. The highest BCUT2D eigenvalue weighted by atomic mass is 32.2. The van der Waals surface area contributed by atoms with Crippen molar-refractivity contribution < 1.29 is 13.2 Å². The number of sulfonamides is 1. The zero-order valence-corrected chi connectivity index (χ0v) is 11.0. The maximum Gasteiger partial charge on any atom is 0.315 e. The van der Waals surface area contributed by atoms with Gasteiger partial charge >= 0.3 is 6.03 Å². The van der Waals surface area contributed by atoms with Crippen molar-refractivity contribution in [2.45, 2.75) is 6.54 Å². The Morgan fingerprint density at radius 1 is 1.17 bits per heavy atom. The molecule has 1 aromatic rings. The Hall–Kier alpha value is -1.60. The van der Waals surface area contributed by atoms with Gasteiger partial charge in [0, 0.05) is 13.1 Å². The third-order valence-corrected chi connectivity index (χ3v) is 3.63. The van der Waals surface area contributed by atoms with Crippen LogP contribution in [0.1, 0.15) is 5.56 Å². The van der Waals surface area contributed by atoms with Crippen LogP contribution in [0.4, 0.5) is 4.79 Å². The van der Waals surface area contributed by atoms with Crippen LogP contribution in [0.15, 0.2) is 30.3 Å². The third-order valence-electron chi connectivity index (χ3n) is 2.26. The fourth-order valence-corrected chi connectivity index (χ4v) is 1.82. The quantitative estimate of drug-likeness (QED) is 0.682. The van der Waals surface area contributed by atoms with Crippen molar-refractivity contribution in [1.82, 2.24) is 15.4 Å². The van der Waals surface area contributed by atoms with Gasteiger partial charge in [0.2, 0.25) is 10.0 Å². The number of carbonyl (C=O) groups excluding carboxylic acids is 1. The molecule has 0 aliphatic heterocycles. The van der Waals surface area contributed by atoms with Gasteiger partial charge in [-0.1, -0.05) is 30.3 Å². The number of hydrogen-bond donors (Lipinski definition) is 3. The fourth-order valence-electron chi connectivity index (χ4n) is 1.24. The van der Waals surface area contributed by atoms with Crippen LogP contribution in [-0.4, -0.2) is 33.8 Å². The maximum absolute atomic E-state index is 11.4. The minimum atomic E-state index is -3.27. The Bertz CT molecular complexity index is 474. The predicted octanol–water partition coefficient (Wildman–Crippen LogP) is 0.0350. The lowest BCUT2D eigenvalue weighted by Gasteiger charge is -2.07. The van der Waals surface area contributed by atoms with Gasteiger partial charge in [-0.15, -0.1) is 0 Å². The summed E-state index contributed by atoms with van der Waals surface area (Å²) in [5, 5.41) is 5.11. The molecule has 0 aliphatic rings. The van der Waals surface area contributed by atoms with Gasteiger partial charge in [-0.25, -0.2) is 17.9 Å². The molecule has 0 radical (unpaired) electrons. The van der Waals surface area contributed by atoms with Gasteiger partial charge in [0.05, 0.1) is 5.75 Å². The van der Waals surface area contributed by atoms with Crippen LogP contribution < -0.4 is 15.4 Å². The van der Waals surface area contributed by atoms with E-state index in [4.69, 9.17) is 0 Å². The highest BCUT2D eigenvalue weighted by Gasteiger charge is 2.07. The Morgan fingerprint density at radius 3 is 2.44 bits per heavy atom. The maximum atomic E-state index is 11.4. The molecular weight excluding hydrogens is 254 g/mol. The van der Waals surface area contributed by atoms with Gasteiger partial charge < -0.3 is 10.6 Å². The Morgan fingerprint density at radius 2 is 1.83 bits per heavy atom. The third kappa shape index (κ3) is 5.65. The lowest BCUT2D eigenvalue weighted by molar-refractivity contribution is 0.241. The summed E-state index contributed by atoms with van der Waals surface area (Å²) < 4.78 is 24.3. The smallest absolute Gasteiger partial charge is 0.315 e. The molecule has 0 aromatic heterocycles. The van der Waals surface area contributed by atoms with E-state index in [1.54, 1.807) is 0 Å². The van der Waals surface area contributed by atoms with E-state index in [2.05, 4.69) is 15.4 Å². The summed E-state index contributed by atoms with van der Waals surface area (Å²) in [6.45, 7) is 0.481.